The number of ether oxygens (including phenoxy) is 4. The Morgan fingerprint density at radius 2 is 1.17 bits per heavy atom. The molecule has 6 heterocycles. The highest BCUT2D eigenvalue weighted by molar-refractivity contribution is 5.78. The van der Waals surface area contributed by atoms with Crippen LogP contribution in [-0.4, -0.2) is 84.0 Å². The molecule has 0 unspecified atom stereocenters. The monoisotopic (exact) mass is 904 g/mol. The average molecular weight is 905 g/mol. The maximum atomic E-state index is 15.3. The summed E-state index contributed by atoms with van der Waals surface area (Å²) in [4.78, 5) is 28.9. The van der Waals surface area contributed by atoms with E-state index in [0.29, 0.717) is 69.9 Å². The van der Waals surface area contributed by atoms with E-state index < -0.39 is 29.0 Å². The van der Waals surface area contributed by atoms with Crippen molar-refractivity contribution in [1.29, 1.82) is 0 Å². The van der Waals surface area contributed by atoms with Crippen LogP contribution in [0, 0.1) is 35.1 Å². The molecule has 2 aromatic carbocycles. The summed E-state index contributed by atoms with van der Waals surface area (Å²) in [6, 6.07) is 9.22. The number of hydrogen-bond acceptors (Lipinski definition) is 13. The van der Waals surface area contributed by atoms with Gasteiger partial charge in [0.2, 0.25) is 0 Å². The summed E-state index contributed by atoms with van der Waals surface area (Å²) in [5.41, 5.74) is 4.67. The lowest BCUT2D eigenvalue weighted by molar-refractivity contribution is 0.358. The topological polar surface area (TPSA) is 158 Å². The number of halogens is 4. The zero-order chi connectivity index (χ0) is 46.2. The van der Waals surface area contributed by atoms with Crippen LogP contribution in [0.4, 0.5) is 34.8 Å². The zero-order valence-electron chi connectivity index (χ0n) is 36.8. The summed E-state index contributed by atoms with van der Waals surface area (Å²) in [6.07, 6.45) is 14.5. The van der Waals surface area contributed by atoms with Crippen molar-refractivity contribution in [3.05, 3.63) is 102 Å². The first-order chi connectivity index (χ1) is 32.0. The van der Waals surface area contributed by atoms with Crippen LogP contribution < -0.4 is 29.3 Å². The fraction of sp³-hybridized carbons (Fsp3) is 0.304. The largest absolute Gasteiger partial charge is 0.493 e. The normalized spacial score (nSPS) is 13.8. The second-order valence-electron chi connectivity index (χ2n) is 16.0. The number of benzene rings is 2. The molecule has 10 rings (SSSR count). The standard InChI is InChI=1S/2C23H22F2N6O2/c1-30-12-14(9-27-30)16-10-26-15-6-7-19(29-23(15)28-16)31(11-13-4-5-13)22-20(24)17(32-2)8-18(33-3)21(22)25;1-30-12-14(9-27-30)16-10-26-15-6-7-19(31(23(15)28-16)11-13-4-5-13)29-22-20(24)17(32-2)8-18(33-3)21(22)25/h2*6-10,12-13H,4-5,11H2,1-3H3. The minimum Gasteiger partial charge on any atom is -0.493 e. The molecule has 0 radical (unpaired) electrons. The molecule has 16 nitrogen and oxygen atoms in total. The number of aryl methyl sites for hydroxylation is 2. The summed E-state index contributed by atoms with van der Waals surface area (Å²) < 4.78 is 86.2. The van der Waals surface area contributed by atoms with Gasteiger partial charge >= 0.3 is 0 Å². The van der Waals surface area contributed by atoms with Gasteiger partial charge in [0, 0.05) is 62.8 Å². The molecule has 2 fully saturated rings. The lowest BCUT2D eigenvalue weighted by Gasteiger charge is -2.26. The predicted molar refractivity (Wildman–Crippen MR) is 236 cm³/mol. The van der Waals surface area contributed by atoms with E-state index in [-0.39, 0.29) is 28.7 Å². The average Bonchev–Trinajstić information content (AvgIpc) is 4.25. The van der Waals surface area contributed by atoms with E-state index in [9.17, 15) is 8.78 Å². The van der Waals surface area contributed by atoms with Gasteiger partial charge in [-0.2, -0.15) is 10.2 Å². The molecule has 2 aliphatic carbocycles. The first-order valence-corrected chi connectivity index (χ1v) is 21.0. The molecule has 0 atom stereocenters. The number of pyridine rings is 2. The maximum absolute atomic E-state index is 15.3. The first kappa shape index (κ1) is 43.6. The predicted octanol–water partition coefficient (Wildman–Crippen LogP) is 8.04. The quantitative estimate of drug-likeness (QED) is 0.103. The van der Waals surface area contributed by atoms with Crippen LogP contribution in [0.15, 0.2) is 78.6 Å². The van der Waals surface area contributed by atoms with E-state index in [1.54, 1.807) is 58.4 Å². The first-order valence-electron chi connectivity index (χ1n) is 21.0. The van der Waals surface area contributed by atoms with E-state index in [4.69, 9.17) is 23.9 Å². The molecule has 0 bridgehead atoms. The second kappa shape index (κ2) is 18.1. The molecule has 0 aliphatic heterocycles. The number of aromatic nitrogens is 10. The third-order valence-corrected chi connectivity index (χ3v) is 11.2. The van der Waals surface area contributed by atoms with Crippen LogP contribution in [0.1, 0.15) is 25.7 Å². The van der Waals surface area contributed by atoms with Crippen LogP contribution in [0.2, 0.25) is 0 Å². The molecule has 8 aromatic rings. The van der Waals surface area contributed by atoms with Crippen LogP contribution >= 0.6 is 0 Å². The maximum Gasteiger partial charge on any atom is 0.193 e. The summed E-state index contributed by atoms with van der Waals surface area (Å²) in [5, 5.41) is 8.36. The van der Waals surface area contributed by atoms with E-state index in [0.717, 1.165) is 42.9 Å². The van der Waals surface area contributed by atoms with Crippen molar-refractivity contribution in [1.82, 2.24) is 49.0 Å². The van der Waals surface area contributed by atoms with Crippen LogP contribution in [0.5, 0.6) is 23.0 Å². The van der Waals surface area contributed by atoms with Crippen molar-refractivity contribution in [2.45, 2.75) is 32.2 Å². The molecule has 66 heavy (non-hydrogen) atoms. The summed E-state index contributed by atoms with van der Waals surface area (Å²) >= 11 is 0. The van der Waals surface area contributed by atoms with E-state index in [1.165, 1.54) is 39.4 Å². The van der Waals surface area contributed by atoms with Crippen LogP contribution in [-0.2, 0) is 20.6 Å². The van der Waals surface area contributed by atoms with Gasteiger partial charge in [-0.3, -0.25) is 19.3 Å². The zero-order valence-corrected chi connectivity index (χ0v) is 36.8. The van der Waals surface area contributed by atoms with Crippen molar-refractivity contribution in [2.75, 3.05) is 39.9 Å². The Morgan fingerprint density at radius 1 is 0.636 bits per heavy atom. The highest BCUT2D eigenvalue weighted by atomic mass is 19.1. The smallest absolute Gasteiger partial charge is 0.193 e. The highest BCUT2D eigenvalue weighted by Crippen LogP contribution is 2.43. The number of fused-ring (bicyclic) bond motifs is 2. The molecule has 0 saturated heterocycles. The van der Waals surface area contributed by atoms with Gasteiger partial charge in [0.25, 0.3) is 0 Å². The number of nitrogens with zero attached hydrogens (tertiary/aromatic N) is 12. The van der Waals surface area contributed by atoms with Crippen LogP contribution in [0.3, 0.4) is 0 Å². The molecule has 340 valence electrons. The van der Waals surface area contributed by atoms with Gasteiger partial charge in [-0.15, -0.1) is 0 Å². The molecule has 0 spiro atoms. The van der Waals surface area contributed by atoms with Gasteiger partial charge in [0.1, 0.15) is 33.7 Å². The third kappa shape index (κ3) is 8.77. The number of anilines is 2. The summed E-state index contributed by atoms with van der Waals surface area (Å²) in [6.45, 7) is 1.02. The van der Waals surface area contributed by atoms with E-state index in [2.05, 4.69) is 35.1 Å². The molecular weight excluding hydrogens is 861 g/mol. The fourth-order valence-electron chi connectivity index (χ4n) is 7.37. The lowest BCUT2D eigenvalue weighted by atomic mass is 10.2. The molecule has 0 N–H and O–H groups in total. The SMILES string of the molecule is COc1cc(OC)c(F)c(N(CC2CC2)c2ccc3ncc(-c4cnn(C)c4)nc3n2)c1F.COc1cc(OC)c(F)c(N=c2ccc3ncc(-c4cnn(C)c4)nc3n2CC2CC2)c1F. The van der Waals surface area contributed by atoms with Crippen LogP contribution in [0.25, 0.3) is 44.8 Å². The number of hydrogen-bond donors (Lipinski definition) is 0. The minimum absolute atomic E-state index is 0.108. The van der Waals surface area contributed by atoms with E-state index >= 15 is 8.78 Å². The number of rotatable bonds is 13. The molecule has 2 aliphatic rings. The Balaban J connectivity index is 0.000000166. The van der Waals surface area contributed by atoms with Gasteiger partial charge in [0.05, 0.1) is 64.6 Å². The van der Waals surface area contributed by atoms with Crippen molar-refractivity contribution in [3.8, 4) is 45.5 Å². The molecule has 0 amide bonds. The highest BCUT2D eigenvalue weighted by Gasteiger charge is 2.32. The van der Waals surface area contributed by atoms with Gasteiger partial charge in [0.15, 0.2) is 57.6 Å². The number of methoxy groups -OCH3 is 4. The Morgan fingerprint density at radius 3 is 1.70 bits per heavy atom. The molecule has 6 aromatic heterocycles. The second-order valence-corrected chi connectivity index (χ2v) is 16.0. The Kier molecular flexibility index (Phi) is 12.0. The van der Waals surface area contributed by atoms with Gasteiger partial charge in [-0.1, -0.05) is 0 Å². The fourth-order valence-corrected chi connectivity index (χ4v) is 7.37. The Labute approximate surface area is 375 Å². The molecular formula is C46H44F4N12O4. The van der Waals surface area contributed by atoms with Gasteiger partial charge in [-0.25, -0.2) is 37.5 Å². The summed E-state index contributed by atoms with van der Waals surface area (Å²) in [7, 11) is 8.91. The Hall–Kier alpha value is -7.64. The summed E-state index contributed by atoms with van der Waals surface area (Å²) in [5.74, 6) is -2.82. The van der Waals surface area contributed by atoms with Crippen molar-refractivity contribution >= 4 is 39.5 Å². The molecule has 2 saturated carbocycles. The molecule has 20 heteroatoms. The van der Waals surface area contributed by atoms with Crippen molar-refractivity contribution in [2.24, 2.45) is 30.9 Å². The van der Waals surface area contributed by atoms with E-state index in [1.807, 2.05) is 31.1 Å². The lowest BCUT2D eigenvalue weighted by Crippen LogP contribution is -2.24. The minimum atomic E-state index is -0.899. The van der Waals surface area contributed by atoms with Gasteiger partial charge in [-0.05, 0) is 61.8 Å². The van der Waals surface area contributed by atoms with Crippen molar-refractivity contribution < 1.29 is 36.5 Å². The third-order valence-electron chi connectivity index (χ3n) is 11.2. The van der Waals surface area contributed by atoms with Crippen molar-refractivity contribution in [3.63, 3.8) is 0 Å². The van der Waals surface area contributed by atoms with Gasteiger partial charge < -0.3 is 28.4 Å². The Bertz CT molecular complexity index is 3130.